The first-order valence-corrected chi connectivity index (χ1v) is 4.50. The second-order valence-corrected chi connectivity index (χ2v) is 3.23. The van der Waals surface area contributed by atoms with E-state index in [1.165, 1.54) is 12.2 Å². The van der Waals surface area contributed by atoms with Gasteiger partial charge < -0.3 is 4.74 Å². The van der Waals surface area contributed by atoms with E-state index in [0.29, 0.717) is 18.3 Å². The van der Waals surface area contributed by atoms with Gasteiger partial charge in [-0.15, -0.1) is 0 Å². The Morgan fingerprint density at radius 3 is 2.92 bits per heavy atom. The van der Waals surface area contributed by atoms with Crippen molar-refractivity contribution in [2.45, 2.75) is 20.3 Å². The third-order valence-electron chi connectivity index (χ3n) is 2.25. The van der Waals surface area contributed by atoms with Gasteiger partial charge in [-0.3, -0.25) is 0 Å². The van der Waals surface area contributed by atoms with Crippen LogP contribution in [0.3, 0.4) is 0 Å². The molecule has 1 fully saturated rings. The molecule has 1 atom stereocenters. The molecule has 1 nitrogen and oxygen atoms in total. The molecule has 0 aromatic carbocycles. The maximum absolute atomic E-state index is 13.0. The van der Waals surface area contributed by atoms with Gasteiger partial charge in [0.15, 0.2) is 0 Å². The summed E-state index contributed by atoms with van der Waals surface area (Å²) in [5.41, 5.74) is 0.877. The highest BCUT2D eigenvalue weighted by molar-refractivity contribution is 5.32. The quantitative estimate of drug-likeness (QED) is 0.604. The van der Waals surface area contributed by atoms with E-state index in [0.717, 1.165) is 12.0 Å². The van der Waals surface area contributed by atoms with E-state index >= 15 is 0 Å². The fourth-order valence-corrected chi connectivity index (χ4v) is 1.33. The summed E-state index contributed by atoms with van der Waals surface area (Å²) in [6, 6.07) is 0. The number of hydrogen-bond donors (Lipinski definition) is 0. The van der Waals surface area contributed by atoms with Crippen LogP contribution < -0.4 is 0 Å². The van der Waals surface area contributed by atoms with Crippen molar-refractivity contribution in [1.82, 2.24) is 0 Å². The van der Waals surface area contributed by atoms with Crippen LogP contribution in [-0.4, -0.2) is 6.61 Å². The van der Waals surface area contributed by atoms with E-state index in [2.05, 4.69) is 13.5 Å². The maximum atomic E-state index is 13.0. The van der Waals surface area contributed by atoms with E-state index in [9.17, 15) is 4.39 Å². The number of hydrogen-bond acceptors (Lipinski definition) is 1. The predicted octanol–water partition coefficient (Wildman–Crippen LogP) is 3.36. The summed E-state index contributed by atoms with van der Waals surface area (Å²) in [6.07, 6.45) is 3.87. The molecule has 1 heterocycles. The Morgan fingerprint density at radius 1 is 1.69 bits per heavy atom. The first-order chi connectivity index (χ1) is 6.15. The van der Waals surface area contributed by atoms with Crippen molar-refractivity contribution in [3.63, 3.8) is 0 Å². The standard InChI is InChI=1S/C11H15FO/c1-4-10(12)7-11-8(2)5-6-13-9(11)3/h4,7-8H,3,5-6H2,1-2H3/b10-4+,11-7-. The SMILES string of the molecule is C=C1OCCC(C)/C1=C/C(F)=C\C. The Labute approximate surface area is 78.6 Å². The third-order valence-corrected chi connectivity index (χ3v) is 2.25. The van der Waals surface area contributed by atoms with Crippen molar-refractivity contribution in [3.05, 3.63) is 35.9 Å². The number of allylic oxidation sites excluding steroid dienone is 4. The molecular formula is C11H15FO. The summed E-state index contributed by atoms with van der Waals surface area (Å²) in [7, 11) is 0. The molecular weight excluding hydrogens is 167 g/mol. The minimum atomic E-state index is -0.228. The Hall–Kier alpha value is -1.05. The molecule has 0 amide bonds. The lowest BCUT2D eigenvalue weighted by atomic mass is 9.94. The van der Waals surface area contributed by atoms with Crippen molar-refractivity contribution >= 4 is 0 Å². The molecule has 1 rings (SSSR count). The summed E-state index contributed by atoms with van der Waals surface area (Å²) in [5.74, 6) is 0.719. The van der Waals surface area contributed by atoms with Crippen LogP contribution >= 0.6 is 0 Å². The molecule has 1 aliphatic rings. The molecule has 13 heavy (non-hydrogen) atoms. The van der Waals surface area contributed by atoms with Gasteiger partial charge in [0.25, 0.3) is 0 Å². The maximum Gasteiger partial charge on any atom is 0.119 e. The highest BCUT2D eigenvalue weighted by atomic mass is 19.1. The lowest BCUT2D eigenvalue weighted by Crippen LogP contribution is -2.14. The molecule has 1 unspecified atom stereocenters. The van der Waals surface area contributed by atoms with Crippen LogP contribution in [0, 0.1) is 5.92 Å². The van der Waals surface area contributed by atoms with Crippen LogP contribution in [0.2, 0.25) is 0 Å². The van der Waals surface area contributed by atoms with Crippen molar-refractivity contribution < 1.29 is 9.13 Å². The zero-order valence-electron chi connectivity index (χ0n) is 8.14. The molecule has 0 bridgehead atoms. The molecule has 0 aliphatic carbocycles. The minimum absolute atomic E-state index is 0.228. The second-order valence-electron chi connectivity index (χ2n) is 3.23. The van der Waals surface area contributed by atoms with Gasteiger partial charge in [0.2, 0.25) is 0 Å². The first kappa shape index (κ1) is 10.0. The van der Waals surface area contributed by atoms with Gasteiger partial charge >= 0.3 is 0 Å². The molecule has 0 radical (unpaired) electrons. The summed E-state index contributed by atoms with van der Waals surface area (Å²) < 4.78 is 18.2. The summed E-state index contributed by atoms with van der Waals surface area (Å²) in [6.45, 7) is 8.17. The van der Waals surface area contributed by atoms with Crippen LogP contribution in [0.5, 0.6) is 0 Å². The first-order valence-electron chi connectivity index (χ1n) is 4.50. The molecule has 0 spiro atoms. The lowest BCUT2D eigenvalue weighted by molar-refractivity contribution is 0.174. The third kappa shape index (κ3) is 2.44. The summed E-state index contributed by atoms with van der Waals surface area (Å²) in [5, 5.41) is 0. The molecule has 2 heteroatoms. The van der Waals surface area contributed by atoms with Gasteiger partial charge in [0.1, 0.15) is 11.6 Å². The van der Waals surface area contributed by atoms with Gasteiger partial charge in [0, 0.05) is 0 Å². The largest absolute Gasteiger partial charge is 0.494 e. The van der Waals surface area contributed by atoms with Crippen molar-refractivity contribution in [1.29, 1.82) is 0 Å². The molecule has 1 saturated heterocycles. The number of ether oxygens (including phenoxy) is 1. The molecule has 72 valence electrons. The van der Waals surface area contributed by atoms with E-state index in [1.807, 2.05) is 0 Å². The van der Waals surface area contributed by atoms with E-state index in [-0.39, 0.29) is 5.83 Å². The molecule has 0 N–H and O–H groups in total. The molecule has 0 aromatic rings. The number of rotatable bonds is 1. The summed E-state index contributed by atoms with van der Waals surface area (Å²) in [4.78, 5) is 0. The smallest absolute Gasteiger partial charge is 0.119 e. The van der Waals surface area contributed by atoms with Gasteiger partial charge in [0.05, 0.1) is 6.61 Å². The Kier molecular flexibility index (Phi) is 3.29. The van der Waals surface area contributed by atoms with Crippen molar-refractivity contribution in [2.75, 3.05) is 6.61 Å². The molecule has 1 aliphatic heterocycles. The number of halogens is 1. The molecule has 0 aromatic heterocycles. The average Bonchev–Trinajstić information content (AvgIpc) is 2.11. The van der Waals surface area contributed by atoms with Crippen LogP contribution in [0.25, 0.3) is 0 Å². The summed E-state index contributed by atoms with van der Waals surface area (Å²) >= 11 is 0. The highest BCUT2D eigenvalue weighted by Crippen LogP contribution is 2.28. The van der Waals surface area contributed by atoms with Crippen LogP contribution in [0.1, 0.15) is 20.3 Å². The van der Waals surface area contributed by atoms with E-state index in [1.54, 1.807) is 6.92 Å². The van der Waals surface area contributed by atoms with Crippen molar-refractivity contribution in [2.24, 2.45) is 5.92 Å². The zero-order valence-corrected chi connectivity index (χ0v) is 8.14. The normalized spacial score (nSPS) is 27.6. The fourth-order valence-electron chi connectivity index (χ4n) is 1.33. The van der Waals surface area contributed by atoms with Crippen LogP contribution in [0.4, 0.5) is 4.39 Å². The zero-order chi connectivity index (χ0) is 9.84. The van der Waals surface area contributed by atoms with Gasteiger partial charge in [-0.25, -0.2) is 4.39 Å². The second kappa shape index (κ2) is 4.26. The topological polar surface area (TPSA) is 9.23 Å². The van der Waals surface area contributed by atoms with Gasteiger partial charge in [-0.05, 0) is 30.9 Å². The van der Waals surface area contributed by atoms with Gasteiger partial charge in [-0.1, -0.05) is 19.6 Å². The van der Waals surface area contributed by atoms with E-state index < -0.39 is 0 Å². The van der Waals surface area contributed by atoms with E-state index in [4.69, 9.17) is 4.74 Å². The average molecular weight is 182 g/mol. The predicted molar refractivity (Wildman–Crippen MR) is 51.8 cm³/mol. The van der Waals surface area contributed by atoms with Crippen LogP contribution in [0.15, 0.2) is 35.9 Å². The fraction of sp³-hybridized carbons (Fsp3) is 0.455. The highest BCUT2D eigenvalue weighted by Gasteiger charge is 2.18. The van der Waals surface area contributed by atoms with Crippen LogP contribution in [-0.2, 0) is 4.74 Å². The Bertz CT molecular complexity index is 263. The Morgan fingerprint density at radius 2 is 2.38 bits per heavy atom. The minimum Gasteiger partial charge on any atom is -0.494 e. The lowest BCUT2D eigenvalue weighted by Gasteiger charge is -2.24. The van der Waals surface area contributed by atoms with Gasteiger partial charge in [-0.2, -0.15) is 0 Å². The monoisotopic (exact) mass is 182 g/mol. The molecule has 0 saturated carbocycles. The Balaban J connectivity index is 2.86. The van der Waals surface area contributed by atoms with Crippen molar-refractivity contribution in [3.8, 4) is 0 Å².